The van der Waals surface area contributed by atoms with Gasteiger partial charge in [0.25, 0.3) is 5.92 Å². The van der Waals surface area contributed by atoms with E-state index in [4.69, 9.17) is 10.8 Å². The average molecular weight is 549 g/mol. The van der Waals surface area contributed by atoms with Crippen molar-refractivity contribution in [3.8, 4) is 0 Å². The molecule has 2 aliphatic heterocycles. The highest BCUT2D eigenvalue weighted by Gasteiger charge is 2.47. The Morgan fingerprint density at radius 1 is 1.08 bits per heavy atom. The van der Waals surface area contributed by atoms with Gasteiger partial charge in [-0.25, -0.2) is 21.5 Å². The van der Waals surface area contributed by atoms with Crippen LogP contribution in [0.3, 0.4) is 0 Å². The third-order valence-corrected chi connectivity index (χ3v) is 9.11. The number of piperidine rings is 1. The van der Waals surface area contributed by atoms with Crippen molar-refractivity contribution in [1.82, 2.24) is 4.31 Å². The van der Waals surface area contributed by atoms with Crippen LogP contribution >= 0.6 is 0 Å². The first-order valence-corrected chi connectivity index (χ1v) is 14.8. The van der Waals surface area contributed by atoms with Gasteiger partial charge in [-0.05, 0) is 61.4 Å². The van der Waals surface area contributed by atoms with Gasteiger partial charge in [-0.15, -0.1) is 0 Å². The third kappa shape index (κ3) is 5.91. The van der Waals surface area contributed by atoms with Crippen molar-refractivity contribution in [2.75, 3.05) is 42.1 Å². The molecule has 198 valence electrons. The Balaban J connectivity index is 1.37. The summed E-state index contributed by atoms with van der Waals surface area (Å²) in [6.45, 7) is 0.810. The summed E-state index contributed by atoms with van der Waals surface area (Å²) in [5.74, 6) is 2.88. The van der Waals surface area contributed by atoms with E-state index >= 15 is 0 Å². The fourth-order valence-corrected chi connectivity index (χ4v) is 6.62. The van der Waals surface area contributed by atoms with Crippen molar-refractivity contribution >= 4 is 51.0 Å². The van der Waals surface area contributed by atoms with E-state index in [9.17, 15) is 17.2 Å². The highest BCUT2D eigenvalue weighted by molar-refractivity contribution is 7.85. The van der Waals surface area contributed by atoms with Gasteiger partial charge in [0.15, 0.2) is 0 Å². The minimum Gasteiger partial charge on any atom is -0.370 e. The molecule has 0 radical (unpaired) electrons. The lowest BCUT2D eigenvalue weighted by Crippen LogP contribution is -2.56. The van der Waals surface area contributed by atoms with Crippen LogP contribution in [0.2, 0.25) is 0 Å². The number of rotatable bonds is 8. The third-order valence-electron chi connectivity index (χ3n) is 7.21. The largest absolute Gasteiger partial charge is 0.370 e. The molecule has 12 heteroatoms. The predicted octanol–water partition coefficient (Wildman–Crippen LogP) is 3.81. The molecule has 2 aromatic carbocycles. The molecular weight excluding hydrogens is 518 g/mol. The van der Waals surface area contributed by atoms with E-state index in [0.29, 0.717) is 21.6 Å². The number of nitrogens with two attached hydrogens (primary N) is 1. The lowest BCUT2D eigenvalue weighted by Gasteiger charge is -2.37. The van der Waals surface area contributed by atoms with Gasteiger partial charge in [0, 0.05) is 30.6 Å². The molecule has 1 spiro atoms. The SMILES string of the molecule is CS(=O)Nc1ccc(N=C/C(=N\N)c2cccc(S(=O)N3CC(F)(F)C3)c2)c(N2CCC3(CC2)CC3)c1. The molecule has 1 saturated carbocycles. The summed E-state index contributed by atoms with van der Waals surface area (Å²) in [7, 11) is -2.90. The van der Waals surface area contributed by atoms with Crippen LogP contribution in [-0.2, 0) is 22.0 Å². The minimum atomic E-state index is -2.80. The first-order chi connectivity index (χ1) is 17.7. The molecule has 2 heterocycles. The molecule has 2 atom stereocenters. The molecule has 0 bridgehead atoms. The number of nitrogens with zero attached hydrogens (tertiary/aromatic N) is 4. The van der Waals surface area contributed by atoms with Crippen molar-refractivity contribution in [2.45, 2.75) is 36.5 Å². The van der Waals surface area contributed by atoms with Crippen LogP contribution in [0, 0.1) is 5.41 Å². The van der Waals surface area contributed by atoms with E-state index < -0.39 is 41.0 Å². The normalized spacial score (nSPS) is 22.6. The average Bonchev–Trinajstić information content (AvgIpc) is 3.62. The number of hydrogen-bond acceptors (Lipinski definition) is 6. The highest BCUT2D eigenvalue weighted by Crippen LogP contribution is 2.54. The van der Waals surface area contributed by atoms with Crippen LogP contribution < -0.4 is 15.5 Å². The monoisotopic (exact) mass is 548 g/mol. The van der Waals surface area contributed by atoms with Gasteiger partial charge in [-0.2, -0.15) is 5.10 Å². The maximum Gasteiger partial charge on any atom is 0.275 e. The minimum absolute atomic E-state index is 0.367. The van der Waals surface area contributed by atoms with Gasteiger partial charge in [0.05, 0.1) is 35.6 Å². The van der Waals surface area contributed by atoms with Gasteiger partial charge >= 0.3 is 0 Å². The van der Waals surface area contributed by atoms with E-state index in [0.717, 1.165) is 43.0 Å². The fraction of sp³-hybridized carbons (Fsp3) is 0.440. The first kappa shape index (κ1) is 25.9. The van der Waals surface area contributed by atoms with Gasteiger partial charge in [0.2, 0.25) is 0 Å². The van der Waals surface area contributed by atoms with Crippen LogP contribution in [0.25, 0.3) is 0 Å². The lowest BCUT2D eigenvalue weighted by molar-refractivity contribution is -0.0926. The molecule has 5 rings (SSSR count). The van der Waals surface area contributed by atoms with Crippen molar-refractivity contribution < 1.29 is 17.2 Å². The van der Waals surface area contributed by atoms with E-state index in [1.54, 1.807) is 36.7 Å². The smallest absolute Gasteiger partial charge is 0.275 e. The molecule has 0 amide bonds. The van der Waals surface area contributed by atoms with Crippen molar-refractivity contribution in [3.63, 3.8) is 0 Å². The van der Waals surface area contributed by atoms with Crippen LogP contribution in [0.1, 0.15) is 31.2 Å². The Labute approximate surface area is 220 Å². The van der Waals surface area contributed by atoms with Gasteiger partial charge < -0.3 is 15.5 Å². The maximum absolute atomic E-state index is 13.2. The second-order valence-corrected chi connectivity index (χ2v) is 12.5. The number of aliphatic imine (C=N–C) groups is 1. The quantitative estimate of drug-likeness (QED) is 0.297. The van der Waals surface area contributed by atoms with Crippen LogP contribution in [0.4, 0.5) is 25.8 Å². The second kappa shape index (κ2) is 10.2. The molecule has 2 unspecified atom stereocenters. The zero-order valence-electron chi connectivity index (χ0n) is 20.5. The Hall–Kier alpha value is -2.70. The van der Waals surface area contributed by atoms with Crippen LogP contribution in [-0.4, -0.2) is 63.0 Å². The summed E-state index contributed by atoms with van der Waals surface area (Å²) < 4.78 is 55.1. The van der Waals surface area contributed by atoms with Gasteiger partial charge in [0.1, 0.15) is 27.7 Å². The summed E-state index contributed by atoms with van der Waals surface area (Å²) in [5, 5.41) is 3.87. The zero-order chi connectivity index (χ0) is 26.2. The molecule has 3 N–H and O–H groups in total. The molecule has 0 aromatic heterocycles. The Morgan fingerprint density at radius 2 is 1.81 bits per heavy atom. The summed E-state index contributed by atoms with van der Waals surface area (Å²) in [5.41, 5.74) is 3.89. The van der Waals surface area contributed by atoms with E-state index in [1.807, 2.05) is 18.2 Å². The molecule has 1 aliphatic carbocycles. The van der Waals surface area contributed by atoms with Crippen LogP contribution in [0.5, 0.6) is 0 Å². The van der Waals surface area contributed by atoms with Gasteiger partial charge in [-0.1, -0.05) is 12.1 Å². The molecular formula is C25H30F2N6O2S2. The standard InChI is InChI=1S/C25H30F2N6O2S2/c1-36(34)31-19-5-6-21(23(14-19)32-11-9-24(7-8-24)10-12-32)29-15-22(30-28)18-3-2-4-20(13-18)37(35)33-16-25(26,27)17-33/h2-6,13-15,31H,7-12,16-17,28H2,1H3/b29-15?,30-22+. The van der Waals surface area contributed by atoms with Crippen LogP contribution in [0.15, 0.2) is 57.5 Å². The number of alkyl halides is 2. The van der Waals surface area contributed by atoms with Gasteiger partial charge in [-0.3, -0.25) is 4.99 Å². The number of benzene rings is 2. The van der Waals surface area contributed by atoms with E-state index in [2.05, 4.69) is 14.7 Å². The number of hydrazone groups is 1. The van der Waals surface area contributed by atoms with Crippen molar-refractivity contribution in [1.29, 1.82) is 0 Å². The summed E-state index contributed by atoms with van der Waals surface area (Å²) >= 11 is 0. The summed E-state index contributed by atoms with van der Waals surface area (Å²) in [6, 6.07) is 12.4. The number of halogens is 2. The Morgan fingerprint density at radius 3 is 2.43 bits per heavy atom. The summed E-state index contributed by atoms with van der Waals surface area (Å²) in [6.07, 6.45) is 8.05. The second-order valence-electron chi connectivity index (χ2n) is 9.95. The van der Waals surface area contributed by atoms with Crippen molar-refractivity contribution in [2.24, 2.45) is 21.4 Å². The van der Waals surface area contributed by atoms with E-state index in [1.165, 1.54) is 17.1 Å². The molecule has 3 fully saturated rings. The molecule has 2 aromatic rings. The number of anilines is 2. The first-order valence-electron chi connectivity index (χ1n) is 12.1. The summed E-state index contributed by atoms with van der Waals surface area (Å²) in [4.78, 5) is 7.40. The maximum atomic E-state index is 13.2. The predicted molar refractivity (Wildman–Crippen MR) is 145 cm³/mol. The molecule has 3 aliphatic rings. The lowest BCUT2D eigenvalue weighted by atomic mass is 9.93. The molecule has 2 saturated heterocycles. The topological polar surface area (TPSA) is 103 Å². The fourth-order valence-electron chi connectivity index (χ4n) is 4.83. The van der Waals surface area contributed by atoms with Crippen molar-refractivity contribution in [3.05, 3.63) is 48.0 Å². The highest BCUT2D eigenvalue weighted by atomic mass is 32.2. The Kier molecular flexibility index (Phi) is 7.16. The molecule has 37 heavy (non-hydrogen) atoms. The molecule has 8 nitrogen and oxygen atoms in total. The Bertz CT molecular complexity index is 1280. The number of nitrogens with one attached hydrogen (secondary N) is 1. The van der Waals surface area contributed by atoms with E-state index in [-0.39, 0.29) is 0 Å². The zero-order valence-corrected chi connectivity index (χ0v) is 22.2. The number of hydrogen-bond donors (Lipinski definition) is 2.